The van der Waals surface area contributed by atoms with E-state index >= 15 is 24.0 Å². The summed E-state index contributed by atoms with van der Waals surface area (Å²) in [6.45, 7) is 5.45. The van der Waals surface area contributed by atoms with Gasteiger partial charge in [-0.05, 0) is 139 Å². The number of nitrogens with one attached hydrogen (secondary N) is 10. The molecule has 38 nitrogen and oxygen atoms in total. The molecule has 1 aromatic heterocycles. The van der Waals surface area contributed by atoms with Crippen molar-refractivity contribution in [3.05, 3.63) is 171 Å². The topological polar surface area (TPSA) is 563 Å². The maximum absolute atomic E-state index is 16.3. The standard InChI is InChI=1S/C82H90Cl2F3N13O25/c1-33(2)17-48(89-5)73(112)97-63-65(106)37-12-15-52(46(83)20-37)120-54-22-39-23-55(69(54)124-80-70(68(109)67(108)56(32-101)122-80)123-58-28-81(4,71(110)34(3)119-58)91-30-35-18-40(31-90-29-35)72(111)92-41-9-8-10-43(24-41)125-82(85,86)87)121-53-16-13-38(21-47(53)84)66(107)64-78(117)96-62(79(118)99-100(6)7)45-25-42(102)26-51(104)59(45)44-19-36(11-14-50(44)103)60(75(114)98-64)95-76(115)61(39)94-74(113)49(27-57(88)105)93-77(63)116/h8-16,18-26,29,31,33-34,48-49,56,58,60-68,70-71,80,89,91,101-104,106-110H,17,27-28,30,32H2,1-7H3,(H2,88,105)(H,92,111)(H,93,116)(H,94,113)(H,95,115)(H,96,117)(H,97,112)(H,98,114)(H,99,118)/t34?,48?,49?,56?,58?,60?,61?,62-,63?,64?,65?,66?,67?,68?,70?,71?,80?,81-/m1/s1. The first-order valence-electron chi connectivity index (χ1n) is 38.9. The van der Waals surface area contributed by atoms with E-state index in [1.165, 1.54) is 69.7 Å². The van der Waals surface area contributed by atoms with E-state index in [0.29, 0.717) is 5.56 Å². The zero-order valence-electron chi connectivity index (χ0n) is 67.4. The summed E-state index contributed by atoms with van der Waals surface area (Å²) in [5.41, 5.74) is 4.43. The van der Waals surface area contributed by atoms with Crippen LogP contribution in [0.2, 0.25) is 10.0 Å². The van der Waals surface area contributed by atoms with E-state index in [9.17, 15) is 78.3 Å². The van der Waals surface area contributed by atoms with Gasteiger partial charge in [0.25, 0.3) is 11.8 Å². The van der Waals surface area contributed by atoms with Gasteiger partial charge in [0, 0.05) is 73.9 Å². The number of likely N-dealkylation sites (N-methyl/N-ethyl adjacent to an activating group) is 1. The van der Waals surface area contributed by atoms with Crippen molar-refractivity contribution < 1.29 is 135 Å². The van der Waals surface area contributed by atoms with Gasteiger partial charge < -0.3 is 133 Å². The molecular weight excluding hydrogens is 1690 g/mol. The number of hydrogen-bond donors (Lipinski definition) is 20. The predicted molar refractivity (Wildman–Crippen MR) is 431 cm³/mol. The molecule has 11 bridgehead atoms. The molecule has 0 saturated carbocycles. The maximum Gasteiger partial charge on any atom is 0.573 e. The number of aromatic hydroxyl groups is 3. The van der Waals surface area contributed by atoms with Crippen molar-refractivity contribution in [2.24, 2.45) is 11.7 Å². The number of phenolic OH excluding ortho intramolecular Hbond substituents is 3. The van der Waals surface area contributed by atoms with Crippen LogP contribution in [-0.2, 0) is 59.1 Å². The van der Waals surface area contributed by atoms with E-state index in [1.807, 2.05) is 0 Å². The van der Waals surface area contributed by atoms with Gasteiger partial charge in [0.1, 0.15) is 101 Å². The van der Waals surface area contributed by atoms with Gasteiger partial charge in [0.2, 0.25) is 53.4 Å². The van der Waals surface area contributed by atoms with Crippen LogP contribution in [0.3, 0.4) is 0 Å². The van der Waals surface area contributed by atoms with Crippen LogP contribution in [0, 0.1) is 5.92 Å². The van der Waals surface area contributed by atoms with Gasteiger partial charge >= 0.3 is 6.36 Å². The van der Waals surface area contributed by atoms with Crippen LogP contribution < -0.4 is 78.0 Å². The highest BCUT2D eigenvalue weighted by molar-refractivity contribution is 6.32. The number of phenols is 3. The minimum atomic E-state index is -5.02. The smallest absolute Gasteiger partial charge is 0.508 e. The Morgan fingerprint density at radius 3 is 2.01 bits per heavy atom. The molecule has 21 N–H and O–H groups in total. The third kappa shape index (κ3) is 21.2. The summed E-state index contributed by atoms with van der Waals surface area (Å²) in [6.07, 6.45) is -22.3. The Balaban J connectivity index is 1.01. The van der Waals surface area contributed by atoms with Crippen LogP contribution in [0.5, 0.6) is 51.7 Å². The van der Waals surface area contributed by atoms with E-state index < -0.39 is 266 Å². The SMILES string of the molecule is CNC(CC(C)C)C(=O)NC1C(=O)NC(CC(N)=O)C(=O)NC2C(=O)NC3C(=O)NC(C(=O)N[C@@H](C(=O)NN(C)C)c4cc(O)cc(O)c4-c4cc3ccc4O)C(O)c3ccc(c(Cl)c3)Oc3cc2cc(c3OC2OC(CO)C(O)C(O)C2OC2C[C@@](C)(NCc3cncc(C(=O)Nc4cccc(OC(F)(F)F)c4)c3)C(O)C(C)O2)Oc2ccc(cc2Cl)C1O. The average molecular weight is 1790 g/mol. The van der Waals surface area contributed by atoms with Crippen molar-refractivity contribution in [1.82, 2.24) is 58.0 Å². The molecular formula is C82H90Cl2F3N13O25. The van der Waals surface area contributed by atoms with Gasteiger partial charge in [-0.15, -0.1) is 13.2 Å². The van der Waals surface area contributed by atoms with Crippen LogP contribution >= 0.6 is 23.2 Å². The highest BCUT2D eigenvalue weighted by Gasteiger charge is 2.53. The predicted octanol–water partition coefficient (Wildman–Crippen LogP) is 2.99. The van der Waals surface area contributed by atoms with Crippen molar-refractivity contribution in [2.75, 3.05) is 33.1 Å². The van der Waals surface area contributed by atoms with Crippen molar-refractivity contribution in [3.63, 3.8) is 0 Å². The van der Waals surface area contributed by atoms with Gasteiger partial charge in [-0.2, -0.15) is 0 Å². The fourth-order valence-electron chi connectivity index (χ4n) is 14.9. The molecule has 16 unspecified atom stereocenters. The number of ether oxygens (including phenoxy) is 7. The molecule has 668 valence electrons. The third-order valence-corrected chi connectivity index (χ3v) is 21.8. The summed E-state index contributed by atoms with van der Waals surface area (Å²) in [7, 11) is 4.26. The normalized spacial score (nSPS) is 26.1. The molecule has 7 aromatic rings. The van der Waals surface area contributed by atoms with Crippen LogP contribution in [0.25, 0.3) is 11.1 Å². The number of pyridine rings is 1. The Morgan fingerprint density at radius 1 is 0.728 bits per heavy atom. The second kappa shape index (κ2) is 38.3. The van der Waals surface area contributed by atoms with Crippen LogP contribution in [0.1, 0.15) is 121 Å². The lowest BCUT2D eigenvalue weighted by molar-refractivity contribution is -0.334. The summed E-state index contributed by atoms with van der Waals surface area (Å²) in [6, 6.07) is 5.53. The molecule has 0 spiro atoms. The Bertz CT molecular complexity index is 5300. The molecule has 7 aliphatic rings. The number of nitrogens with two attached hydrogens (primary N) is 1. The molecule has 9 amide bonds. The van der Waals surface area contributed by atoms with Gasteiger partial charge in [-0.1, -0.05) is 61.3 Å². The molecule has 125 heavy (non-hydrogen) atoms. The Labute approximate surface area is 719 Å². The maximum atomic E-state index is 16.3. The number of aliphatic hydroxyl groups excluding tert-OH is 6. The first-order chi connectivity index (χ1) is 59.1. The third-order valence-electron chi connectivity index (χ3n) is 21.2. The second-order valence-corrected chi connectivity index (χ2v) is 31.9. The highest BCUT2D eigenvalue weighted by Crippen LogP contribution is 2.50. The van der Waals surface area contributed by atoms with E-state index in [-0.39, 0.29) is 53.2 Å². The number of carbonyl (C=O) groups is 9. The Hall–Kier alpha value is -11.8. The van der Waals surface area contributed by atoms with Crippen LogP contribution in [0.4, 0.5) is 18.9 Å². The zero-order chi connectivity index (χ0) is 90.7. The van der Waals surface area contributed by atoms with Gasteiger partial charge in [0.15, 0.2) is 23.9 Å². The minimum Gasteiger partial charge on any atom is -0.508 e. The first kappa shape index (κ1) is 92.4. The molecule has 18 atom stereocenters. The summed E-state index contributed by atoms with van der Waals surface area (Å²) >= 11 is 14.4. The highest BCUT2D eigenvalue weighted by atomic mass is 35.5. The molecule has 6 aromatic carbocycles. The van der Waals surface area contributed by atoms with Crippen LogP contribution in [-0.4, -0.2) is 222 Å². The van der Waals surface area contributed by atoms with Crippen molar-refractivity contribution in [2.45, 2.75) is 169 Å². The molecule has 8 heterocycles. The Morgan fingerprint density at radius 2 is 1.38 bits per heavy atom. The summed E-state index contributed by atoms with van der Waals surface area (Å²) in [5.74, 6) is -16.8. The van der Waals surface area contributed by atoms with Crippen molar-refractivity contribution in [3.8, 4) is 62.9 Å². The molecule has 14 rings (SSSR count). The lowest BCUT2D eigenvalue weighted by atomic mass is 9.84. The molecule has 7 aliphatic heterocycles. The van der Waals surface area contributed by atoms with E-state index in [1.54, 1.807) is 20.8 Å². The molecule has 2 saturated heterocycles. The van der Waals surface area contributed by atoms with E-state index in [0.717, 1.165) is 84.9 Å². The number of benzene rings is 6. The fourth-order valence-corrected chi connectivity index (χ4v) is 15.4. The molecule has 2 fully saturated rings. The summed E-state index contributed by atoms with van der Waals surface area (Å²) in [4.78, 5) is 138. The minimum absolute atomic E-state index is 0.0455. The molecule has 43 heteroatoms. The van der Waals surface area contributed by atoms with Crippen molar-refractivity contribution >= 4 is 82.1 Å². The largest absolute Gasteiger partial charge is 0.573 e. The van der Waals surface area contributed by atoms with E-state index in [4.69, 9.17) is 57.4 Å². The van der Waals surface area contributed by atoms with Gasteiger partial charge in [0.05, 0.1) is 46.9 Å². The number of rotatable bonds is 20. The average Bonchev–Trinajstić information content (AvgIpc) is 0.763. The number of hydrogen-bond acceptors (Lipinski definition) is 29. The number of aromatic nitrogens is 1. The number of fused-ring (bicyclic) bond motifs is 15. The number of hydrazine groups is 1. The monoisotopic (exact) mass is 1780 g/mol. The van der Waals surface area contributed by atoms with Crippen molar-refractivity contribution in [1.29, 1.82) is 0 Å². The lowest BCUT2D eigenvalue weighted by Crippen LogP contribution is -2.65. The quantitative estimate of drug-likeness (QED) is 0.0488. The van der Waals surface area contributed by atoms with Gasteiger partial charge in [-0.25, -0.2) is 5.01 Å². The summed E-state index contributed by atoms with van der Waals surface area (Å²) < 4.78 is 82.6. The zero-order valence-corrected chi connectivity index (χ0v) is 68.9. The number of anilines is 1. The fraction of sp³-hybridized carbons (Fsp3) is 0.390. The lowest BCUT2D eigenvalue weighted by Gasteiger charge is -2.48. The second-order valence-electron chi connectivity index (χ2n) is 31.1. The number of amides is 9. The molecule has 0 radical (unpaired) electrons. The Kier molecular flexibility index (Phi) is 28.3. The molecule has 0 aliphatic carbocycles. The van der Waals surface area contributed by atoms with E-state index in [2.05, 4.69) is 63.0 Å². The van der Waals surface area contributed by atoms with Gasteiger partial charge in [-0.3, -0.25) is 53.6 Å². The number of primary amides is 1. The number of alkyl halides is 3. The number of carbonyl (C=O) groups excluding carboxylic acids is 9. The summed E-state index contributed by atoms with van der Waals surface area (Å²) in [5, 5.41) is 131. The number of halogens is 5. The number of aliphatic hydroxyl groups is 6. The van der Waals surface area contributed by atoms with Crippen LogP contribution in [0.15, 0.2) is 122 Å². The first-order valence-corrected chi connectivity index (χ1v) is 39.6. The number of nitrogens with zero attached hydrogens (tertiary/aromatic N) is 2.